The van der Waals surface area contributed by atoms with E-state index in [-0.39, 0.29) is 0 Å². The van der Waals surface area contributed by atoms with Gasteiger partial charge in [-0.2, -0.15) is 0 Å². The second-order valence-electron chi connectivity index (χ2n) is 3.80. The van der Waals surface area contributed by atoms with Crippen molar-refractivity contribution >= 4 is 11.3 Å². The third-order valence-corrected chi connectivity index (χ3v) is 4.18. The molecule has 1 nitrogen and oxygen atoms in total. The van der Waals surface area contributed by atoms with E-state index in [4.69, 9.17) is 5.73 Å². The summed E-state index contributed by atoms with van der Waals surface area (Å²) in [7, 11) is 0. The lowest BCUT2D eigenvalue weighted by molar-refractivity contribution is 0.542. The van der Waals surface area contributed by atoms with Gasteiger partial charge in [0.2, 0.25) is 0 Å². The van der Waals surface area contributed by atoms with Crippen molar-refractivity contribution in [2.24, 2.45) is 5.73 Å². The van der Waals surface area contributed by atoms with Crippen molar-refractivity contribution in [2.75, 3.05) is 0 Å². The highest BCUT2D eigenvalue weighted by molar-refractivity contribution is 7.10. The van der Waals surface area contributed by atoms with E-state index in [1.807, 2.05) is 11.3 Å². The van der Waals surface area contributed by atoms with Crippen LogP contribution in [0, 0.1) is 0 Å². The summed E-state index contributed by atoms with van der Waals surface area (Å²) in [5.41, 5.74) is 8.76. The van der Waals surface area contributed by atoms with E-state index in [1.165, 1.54) is 31.2 Å². The molecule has 0 aromatic carbocycles. The zero-order valence-electron chi connectivity index (χ0n) is 8.18. The van der Waals surface area contributed by atoms with Crippen LogP contribution in [0.15, 0.2) is 5.38 Å². The van der Waals surface area contributed by atoms with Gasteiger partial charge in [0, 0.05) is 11.4 Å². The summed E-state index contributed by atoms with van der Waals surface area (Å²) >= 11 is 1.92. The molecule has 2 rings (SSSR count). The Hall–Kier alpha value is -0.340. The summed E-state index contributed by atoms with van der Waals surface area (Å²) in [6, 6.07) is 0. The molecule has 1 unspecified atom stereocenters. The van der Waals surface area contributed by atoms with E-state index < -0.39 is 0 Å². The maximum atomic E-state index is 5.74. The topological polar surface area (TPSA) is 26.0 Å². The summed E-state index contributed by atoms with van der Waals surface area (Å²) in [4.78, 5) is 1.61. The first kappa shape index (κ1) is 9.22. The molecule has 1 aliphatic carbocycles. The summed E-state index contributed by atoms with van der Waals surface area (Å²) < 4.78 is 0. The van der Waals surface area contributed by atoms with Gasteiger partial charge in [0.05, 0.1) is 0 Å². The highest BCUT2D eigenvalue weighted by Gasteiger charge is 2.22. The molecule has 1 atom stereocenters. The van der Waals surface area contributed by atoms with Crippen LogP contribution in [0.1, 0.15) is 48.1 Å². The molecule has 0 saturated carbocycles. The van der Waals surface area contributed by atoms with Gasteiger partial charge in [0.15, 0.2) is 0 Å². The van der Waals surface area contributed by atoms with E-state index in [2.05, 4.69) is 12.3 Å². The largest absolute Gasteiger partial charge is 0.326 e. The Morgan fingerprint density at radius 2 is 2.46 bits per heavy atom. The third-order valence-electron chi connectivity index (χ3n) is 3.07. The van der Waals surface area contributed by atoms with Gasteiger partial charge < -0.3 is 5.73 Å². The average Bonchev–Trinajstić information content (AvgIpc) is 2.60. The fraction of sp³-hybridized carbons (Fsp3) is 0.636. The van der Waals surface area contributed by atoms with Crippen LogP contribution in [-0.2, 0) is 13.0 Å². The number of hydrogen-bond donors (Lipinski definition) is 1. The lowest BCUT2D eigenvalue weighted by Gasteiger charge is -2.22. The van der Waals surface area contributed by atoms with Crippen molar-refractivity contribution in [3.63, 3.8) is 0 Å². The van der Waals surface area contributed by atoms with Crippen molar-refractivity contribution in [3.05, 3.63) is 21.4 Å². The average molecular weight is 195 g/mol. The monoisotopic (exact) mass is 195 g/mol. The molecule has 1 aromatic heterocycles. The zero-order chi connectivity index (χ0) is 9.26. The van der Waals surface area contributed by atoms with Gasteiger partial charge >= 0.3 is 0 Å². The molecule has 72 valence electrons. The molecule has 0 aliphatic heterocycles. The Kier molecular flexibility index (Phi) is 2.70. The van der Waals surface area contributed by atoms with Crippen LogP contribution in [0.2, 0.25) is 0 Å². The highest BCUT2D eigenvalue weighted by Crippen LogP contribution is 2.39. The van der Waals surface area contributed by atoms with Crippen LogP contribution in [0.5, 0.6) is 0 Å². The maximum absolute atomic E-state index is 5.74. The number of nitrogens with two attached hydrogens (primary N) is 1. The van der Waals surface area contributed by atoms with Gasteiger partial charge in [-0.25, -0.2) is 0 Å². The Bertz CT molecular complexity index is 277. The van der Waals surface area contributed by atoms with Crippen LogP contribution in [0.3, 0.4) is 0 Å². The molecule has 0 bridgehead atoms. The fourth-order valence-corrected chi connectivity index (χ4v) is 3.55. The van der Waals surface area contributed by atoms with Crippen molar-refractivity contribution < 1.29 is 0 Å². The first-order chi connectivity index (χ1) is 6.36. The number of thiophene rings is 1. The van der Waals surface area contributed by atoms with Gasteiger partial charge in [0.1, 0.15) is 0 Å². The Morgan fingerprint density at radius 3 is 3.15 bits per heavy atom. The third kappa shape index (κ3) is 1.53. The quantitative estimate of drug-likeness (QED) is 0.771. The Morgan fingerprint density at radius 1 is 1.62 bits per heavy atom. The van der Waals surface area contributed by atoms with Gasteiger partial charge in [-0.3, -0.25) is 0 Å². The van der Waals surface area contributed by atoms with Crippen LogP contribution in [0.4, 0.5) is 0 Å². The molecule has 0 spiro atoms. The SMILES string of the molecule is CCC1CCCc2scc(CN)c21. The minimum Gasteiger partial charge on any atom is -0.326 e. The molecule has 0 saturated heterocycles. The molecule has 13 heavy (non-hydrogen) atoms. The fourth-order valence-electron chi connectivity index (χ4n) is 2.35. The predicted octanol–water partition coefficient (Wildman–Crippen LogP) is 3.04. The van der Waals surface area contributed by atoms with E-state index >= 15 is 0 Å². The van der Waals surface area contributed by atoms with Crippen molar-refractivity contribution in [2.45, 2.75) is 45.1 Å². The normalized spacial score (nSPS) is 21.5. The van der Waals surface area contributed by atoms with E-state index in [9.17, 15) is 0 Å². The Balaban J connectivity index is 2.39. The lowest BCUT2D eigenvalue weighted by Crippen LogP contribution is -2.10. The van der Waals surface area contributed by atoms with Crippen LogP contribution in [0.25, 0.3) is 0 Å². The molecule has 0 amide bonds. The first-order valence-corrected chi connectivity index (χ1v) is 6.04. The lowest BCUT2D eigenvalue weighted by atomic mass is 9.84. The summed E-state index contributed by atoms with van der Waals surface area (Å²) in [5.74, 6) is 0.800. The molecule has 1 aromatic rings. The molecular formula is C11H17NS. The Labute approximate surface area is 84.0 Å². The molecular weight excluding hydrogens is 178 g/mol. The van der Waals surface area contributed by atoms with E-state index in [0.717, 1.165) is 12.5 Å². The molecule has 2 heteroatoms. The standard InChI is InChI=1S/C11H17NS/c1-2-8-4-3-5-10-11(8)9(6-12)7-13-10/h7-8H,2-6,12H2,1H3. The second-order valence-corrected chi connectivity index (χ2v) is 4.76. The van der Waals surface area contributed by atoms with E-state index in [0.29, 0.717) is 0 Å². The van der Waals surface area contributed by atoms with E-state index in [1.54, 1.807) is 10.4 Å². The van der Waals surface area contributed by atoms with Gasteiger partial charge in [-0.15, -0.1) is 11.3 Å². The van der Waals surface area contributed by atoms with Crippen LogP contribution >= 0.6 is 11.3 Å². The molecule has 2 N–H and O–H groups in total. The van der Waals surface area contributed by atoms with Gasteiger partial charge in [-0.1, -0.05) is 6.92 Å². The smallest absolute Gasteiger partial charge is 0.0189 e. The number of hydrogen-bond acceptors (Lipinski definition) is 2. The maximum Gasteiger partial charge on any atom is 0.0189 e. The van der Waals surface area contributed by atoms with Gasteiger partial charge in [0.25, 0.3) is 0 Å². The summed E-state index contributed by atoms with van der Waals surface area (Å²) in [6.07, 6.45) is 5.30. The second kappa shape index (κ2) is 3.81. The summed E-state index contributed by atoms with van der Waals surface area (Å²) in [5, 5.41) is 2.26. The number of rotatable bonds is 2. The number of fused-ring (bicyclic) bond motifs is 1. The van der Waals surface area contributed by atoms with Gasteiger partial charge in [-0.05, 0) is 48.1 Å². The zero-order valence-corrected chi connectivity index (χ0v) is 8.99. The molecule has 1 aliphatic rings. The molecule has 0 radical (unpaired) electrons. The van der Waals surface area contributed by atoms with Crippen molar-refractivity contribution in [1.29, 1.82) is 0 Å². The van der Waals surface area contributed by atoms with Crippen LogP contribution < -0.4 is 5.73 Å². The highest BCUT2D eigenvalue weighted by atomic mass is 32.1. The predicted molar refractivity (Wildman–Crippen MR) is 58.2 cm³/mol. The number of aryl methyl sites for hydroxylation is 1. The minimum atomic E-state index is 0.725. The molecule has 1 heterocycles. The van der Waals surface area contributed by atoms with Crippen LogP contribution in [-0.4, -0.2) is 0 Å². The van der Waals surface area contributed by atoms with Crippen molar-refractivity contribution in [1.82, 2.24) is 0 Å². The molecule has 0 fully saturated rings. The minimum absolute atomic E-state index is 0.725. The summed E-state index contributed by atoms with van der Waals surface area (Å²) in [6.45, 7) is 3.01. The first-order valence-electron chi connectivity index (χ1n) is 5.16. The van der Waals surface area contributed by atoms with Crippen molar-refractivity contribution in [3.8, 4) is 0 Å².